The van der Waals surface area contributed by atoms with Crippen LogP contribution in [0.3, 0.4) is 0 Å². The second-order valence-electron chi connectivity index (χ2n) is 5.39. The SMILES string of the molecule is CCCCCOCCOc1cc(C(=O)OCC)ccc1OCCOC. The molecule has 0 saturated heterocycles. The van der Waals surface area contributed by atoms with Gasteiger partial charge in [0.05, 0.1) is 25.4 Å². The normalized spacial score (nSPS) is 10.5. The first-order valence-electron chi connectivity index (χ1n) is 8.86. The lowest BCUT2D eigenvalue weighted by Gasteiger charge is -2.14. The molecule has 142 valence electrons. The Morgan fingerprint density at radius 3 is 2.40 bits per heavy atom. The smallest absolute Gasteiger partial charge is 0.338 e. The van der Waals surface area contributed by atoms with Crippen molar-refractivity contribution < 1.29 is 28.5 Å². The third-order valence-corrected chi connectivity index (χ3v) is 3.38. The van der Waals surface area contributed by atoms with E-state index in [1.165, 1.54) is 12.8 Å². The Bertz CT molecular complexity index is 489. The Hall–Kier alpha value is -1.79. The molecule has 1 rings (SSSR count). The molecule has 0 aliphatic heterocycles. The molecule has 0 amide bonds. The monoisotopic (exact) mass is 354 g/mol. The van der Waals surface area contributed by atoms with Gasteiger partial charge in [-0.1, -0.05) is 19.8 Å². The number of ether oxygens (including phenoxy) is 5. The van der Waals surface area contributed by atoms with Crippen LogP contribution < -0.4 is 9.47 Å². The van der Waals surface area contributed by atoms with E-state index in [1.807, 2.05) is 0 Å². The summed E-state index contributed by atoms with van der Waals surface area (Å²) in [7, 11) is 1.61. The van der Waals surface area contributed by atoms with Crippen molar-refractivity contribution >= 4 is 5.97 Å². The quantitative estimate of drug-likeness (QED) is 0.376. The summed E-state index contributed by atoms with van der Waals surface area (Å²) < 4.78 is 26.9. The van der Waals surface area contributed by atoms with Crippen LogP contribution in [-0.2, 0) is 14.2 Å². The summed E-state index contributed by atoms with van der Waals surface area (Å²) in [5.41, 5.74) is 0.430. The minimum atomic E-state index is -0.383. The number of hydrogen-bond acceptors (Lipinski definition) is 6. The Labute approximate surface area is 150 Å². The molecule has 0 saturated carbocycles. The molecular weight excluding hydrogens is 324 g/mol. The molecule has 0 unspecified atom stereocenters. The first kappa shape index (κ1) is 21.3. The van der Waals surface area contributed by atoms with Crippen LogP contribution >= 0.6 is 0 Å². The minimum Gasteiger partial charge on any atom is -0.487 e. The summed E-state index contributed by atoms with van der Waals surface area (Å²) in [4.78, 5) is 11.9. The molecule has 0 aliphatic rings. The molecule has 1 aromatic rings. The summed E-state index contributed by atoms with van der Waals surface area (Å²) in [6.45, 7) is 6.74. The summed E-state index contributed by atoms with van der Waals surface area (Å²) in [6.07, 6.45) is 3.39. The predicted molar refractivity (Wildman–Crippen MR) is 95.6 cm³/mol. The van der Waals surface area contributed by atoms with Crippen LogP contribution in [0.1, 0.15) is 43.5 Å². The van der Waals surface area contributed by atoms with E-state index in [0.29, 0.717) is 50.1 Å². The Kier molecular flexibility index (Phi) is 11.5. The number of hydrogen-bond donors (Lipinski definition) is 0. The lowest BCUT2D eigenvalue weighted by Crippen LogP contribution is -2.11. The van der Waals surface area contributed by atoms with Gasteiger partial charge in [0.25, 0.3) is 0 Å². The summed E-state index contributed by atoms with van der Waals surface area (Å²) in [5, 5.41) is 0. The highest BCUT2D eigenvalue weighted by atomic mass is 16.6. The summed E-state index contributed by atoms with van der Waals surface area (Å²) >= 11 is 0. The second-order valence-corrected chi connectivity index (χ2v) is 5.39. The average Bonchev–Trinajstić information content (AvgIpc) is 2.62. The zero-order valence-corrected chi connectivity index (χ0v) is 15.5. The number of esters is 1. The van der Waals surface area contributed by atoms with Crippen LogP contribution in [0.5, 0.6) is 11.5 Å². The van der Waals surface area contributed by atoms with Crippen LogP contribution in [0, 0.1) is 0 Å². The van der Waals surface area contributed by atoms with Gasteiger partial charge in [-0.3, -0.25) is 0 Å². The van der Waals surface area contributed by atoms with E-state index in [-0.39, 0.29) is 5.97 Å². The zero-order chi connectivity index (χ0) is 18.3. The highest BCUT2D eigenvalue weighted by Gasteiger charge is 2.12. The van der Waals surface area contributed by atoms with Gasteiger partial charge in [-0.25, -0.2) is 4.79 Å². The number of carbonyl (C=O) groups excluding carboxylic acids is 1. The van der Waals surface area contributed by atoms with Gasteiger partial charge in [-0.05, 0) is 31.5 Å². The lowest BCUT2D eigenvalue weighted by molar-refractivity contribution is 0.0525. The van der Waals surface area contributed by atoms with Crippen molar-refractivity contribution in [2.45, 2.75) is 33.1 Å². The van der Waals surface area contributed by atoms with Crippen LogP contribution in [-0.4, -0.2) is 52.7 Å². The second kappa shape index (κ2) is 13.5. The molecular formula is C19H30O6. The standard InChI is InChI=1S/C19H30O6/c1-4-6-7-10-22-12-14-25-18-15-16(19(20)23-5-2)8-9-17(18)24-13-11-21-3/h8-9,15H,4-7,10-14H2,1-3H3. The summed E-state index contributed by atoms with van der Waals surface area (Å²) in [6, 6.07) is 5.00. The van der Waals surface area contributed by atoms with E-state index in [4.69, 9.17) is 23.7 Å². The lowest BCUT2D eigenvalue weighted by atomic mass is 10.2. The molecule has 0 bridgehead atoms. The van der Waals surface area contributed by atoms with E-state index >= 15 is 0 Å². The van der Waals surface area contributed by atoms with Crippen molar-refractivity contribution in [3.05, 3.63) is 23.8 Å². The Balaban J connectivity index is 2.60. The molecule has 25 heavy (non-hydrogen) atoms. The molecule has 0 fully saturated rings. The molecule has 6 heteroatoms. The van der Waals surface area contributed by atoms with Gasteiger partial charge in [0.15, 0.2) is 11.5 Å². The van der Waals surface area contributed by atoms with Gasteiger partial charge in [-0.15, -0.1) is 0 Å². The molecule has 0 aliphatic carbocycles. The molecule has 0 spiro atoms. The maximum atomic E-state index is 11.9. The number of methoxy groups -OCH3 is 1. The number of carbonyl (C=O) groups is 1. The molecule has 0 heterocycles. The topological polar surface area (TPSA) is 63.2 Å². The van der Waals surface area contributed by atoms with Gasteiger partial charge in [-0.2, -0.15) is 0 Å². The van der Waals surface area contributed by atoms with E-state index in [2.05, 4.69) is 6.92 Å². The maximum absolute atomic E-state index is 11.9. The molecule has 0 radical (unpaired) electrons. The highest BCUT2D eigenvalue weighted by Crippen LogP contribution is 2.28. The number of unbranched alkanes of at least 4 members (excludes halogenated alkanes) is 2. The third kappa shape index (κ3) is 8.74. The predicted octanol–water partition coefficient (Wildman–Crippen LogP) is 3.47. The molecule has 0 aromatic heterocycles. The fourth-order valence-corrected chi connectivity index (χ4v) is 2.08. The first-order chi connectivity index (χ1) is 12.2. The highest BCUT2D eigenvalue weighted by molar-refractivity contribution is 5.90. The largest absolute Gasteiger partial charge is 0.487 e. The third-order valence-electron chi connectivity index (χ3n) is 3.38. The van der Waals surface area contributed by atoms with E-state index in [0.717, 1.165) is 13.0 Å². The van der Waals surface area contributed by atoms with Crippen molar-refractivity contribution in [3.8, 4) is 11.5 Å². The first-order valence-corrected chi connectivity index (χ1v) is 8.86. The van der Waals surface area contributed by atoms with Crippen molar-refractivity contribution in [3.63, 3.8) is 0 Å². The van der Waals surface area contributed by atoms with E-state index < -0.39 is 0 Å². The van der Waals surface area contributed by atoms with Gasteiger partial charge in [0, 0.05) is 13.7 Å². The maximum Gasteiger partial charge on any atom is 0.338 e. The van der Waals surface area contributed by atoms with Gasteiger partial charge in [0.2, 0.25) is 0 Å². The zero-order valence-electron chi connectivity index (χ0n) is 15.5. The van der Waals surface area contributed by atoms with E-state index in [1.54, 1.807) is 32.2 Å². The Morgan fingerprint density at radius 1 is 0.920 bits per heavy atom. The van der Waals surface area contributed by atoms with Gasteiger partial charge in [0.1, 0.15) is 13.2 Å². The van der Waals surface area contributed by atoms with Gasteiger partial charge < -0.3 is 23.7 Å². The number of benzene rings is 1. The fourth-order valence-electron chi connectivity index (χ4n) is 2.08. The van der Waals surface area contributed by atoms with E-state index in [9.17, 15) is 4.79 Å². The van der Waals surface area contributed by atoms with Crippen molar-refractivity contribution in [1.29, 1.82) is 0 Å². The molecule has 0 N–H and O–H groups in total. The van der Waals surface area contributed by atoms with Crippen LogP contribution in [0.25, 0.3) is 0 Å². The van der Waals surface area contributed by atoms with Crippen LogP contribution in [0.2, 0.25) is 0 Å². The van der Waals surface area contributed by atoms with Crippen molar-refractivity contribution in [2.24, 2.45) is 0 Å². The molecule has 6 nitrogen and oxygen atoms in total. The molecule has 0 atom stereocenters. The van der Waals surface area contributed by atoms with Crippen molar-refractivity contribution in [2.75, 3.05) is 46.8 Å². The summed E-state index contributed by atoms with van der Waals surface area (Å²) in [5.74, 6) is 0.682. The minimum absolute atomic E-state index is 0.326. The average molecular weight is 354 g/mol. The van der Waals surface area contributed by atoms with Crippen LogP contribution in [0.4, 0.5) is 0 Å². The fraction of sp³-hybridized carbons (Fsp3) is 0.632. The Morgan fingerprint density at radius 2 is 1.68 bits per heavy atom. The number of rotatable bonds is 14. The molecule has 1 aromatic carbocycles. The van der Waals surface area contributed by atoms with Crippen molar-refractivity contribution in [1.82, 2.24) is 0 Å². The van der Waals surface area contributed by atoms with Gasteiger partial charge >= 0.3 is 5.97 Å². The van der Waals surface area contributed by atoms with Crippen LogP contribution in [0.15, 0.2) is 18.2 Å².